The standard InChI is InChI=1S/C26H39N3O3/c1-6-7-16-32-17-8-13-29-25(30)23(22-10-9-19(2)18-20(22)3)24(26(29)31)28(5)21-11-14-27(4)15-12-21/h9-10,18,21H,6-8,11-17H2,1-5H3. The van der Waals surface area contributed by atoms with Crippen molar-refractivity contribution in [1.82, 2.24) is 14.7 Å². The van der Waals surface area contributed by atoms with E-state index in [9.17, 15) is 9.59 Å². The molecule has 1 aromatic rings. The van der Waals surface area contributed by atoms with Crippen molar-refractivity contribution in [2.24, 2.45) is 0 Å². The van der Waals surface area contributed by atoms with Crippen LogP contribution in [0.3, 0.4) is 0 Å². The number of hydrogen-bond acceptors (Lipinski definition) is 5. The average molecular weight is 442 g/mol. The molecule has 2 heterocycles. The lowest BCUT2D eigenvalue weighted by atomic mass is 9.96. The van der Waals surface area contributed by atoms with Crippen LogP contribution in [0.1, 0.15) is 55.7 Å². The highest BCUT2D eigenvalue weighted by Gasteiger charge is 2.42. The number of imide groups is 1. The molecule has 0 unspecified atom stereocenters. The molecule has 0 bridgehead atoms. The van der Waals surface area contributed by atoms with E-state index >= 15 is 0 Å². The fraction of sp³-hybridized carbons (Fsp3) is 0.615. The number of amides is 2. The summed E-state index contributed by atoms with van der Waals surface area (Å²) in [5.74, 6) is -0.342. The molecule has 1 fully saturated rings. The predicted octanol–water partition coefficient (Wildman–Crippen LogP) is 3.62. The summed E-state index contributed by atoms with van der Waals surface area (Å²) >= 11 is 0. The minimum Gasteiger partial charge on any atom is -0.381 e. The van der Waals surface area contributed by atoms with Crippen LogP contribution >= 0.6 is 0 Å². The number of piperidine rings is 1. The van der Waals surface area contributed by atoms with E-state index in [0.717, 1.165) is 62.1 Å². The van der Waals surface area contributed by atoms with Crippen LogP contribution in [0.4, 0.5) is 0 Å². The summed E-state index contributed by atoms with van der Waals surface area (Å²) in [4.78, 5) is 32.9. The van der Waals surface area contributed by atoms with Crippen LogP contribution in [0.5, 0.6) is 0 Å². The Kier molecular flexibility index (Phi) is 8.49. The van der Waals surface area contributed by atoms with E-state index < -0.39 is 0 Å². The first-order chi connectivity index (χ1) is 15.3. The number of carbonyl (C=O) groups excluding carboxylic acids is 2. The van der Waals surface area contributed by atoms with Gasteiger partial charge in [0.1, 0.15) is 5.70 Å². The molecule has 32 heavy (non-hydrogen) atoms. The van der Waals surface area contributed by atoms with Crippen LogP contribution in [-0.4, -0.2) is 79.5 Å². The fourth-order valence-corrected chi connectivity index (χ4v) is 4.67. The third kappa shape index (κ3) is 5.41. The van der Waals surface area contributed by atoms with Gasteiger partial charge < -0.3 is 14.5 Å². The summed E-state index contributed by atoms with van der Waals surface area (Å²) in [5.41, 5.74) is 4.16. The second kappa shape index (κ2) is 11.1. The fourth-order valence-electron chi connectivity index (χ4n) is 4.67. The SMILES string of the molecule is CCCCOCCCN1C(=O)C(c2ccc(C)cc2C)=C(N(C)C2CCN(C)CC2)C1=O. The lowest BCUT2D eigenvalue weighted by molar-refractivity contribution is -0.137. The van der Waals surface area contributed by atoms with E-state index in [0.29, 0.717) is 30.8 Å². The third-order valence-corrected chi connectivity index (χ3v) is 6.70. The van der Waals surface area contributed by atoms with E-state index in [1.807, 2.05) is 33.0 Å². The monoisotopic (exact) mass is 441 g/mol. The minimum atomic E-state index is -0.176. The van der Waals surface area contributed by atoms with Crippen molar-refractivity contribution in [3.63, 3.8) is 0 Å². The van der Waals surface area contributed by atoms with E-state index in [2.05, 4.69) is 29.8 Å². The van der Waals surface area contributed by atoms with Crippen molar-refractivity contribution in [1.29, 1.82) is 0 Å². The van der Waals surface area contributed by atoms with Crippen molar-refractivity contribution in [3.05, 3.63) is 40.6 Å². The molecule has 3 rings (SSSR count). The number of carbonyl (C=O) groups is 2. The van der Waals surface area contributed by atoms with Gasteiger partial charge in [0.05, 0.1) is 5.57 Å². The lowest BCUT2D eigenvalue weighted by Crippen LogP contribution is -2.43. The first kappa shape index (κ1) is 24.5. The van der Waals surface area contributed by atoms with Crippen molar-refractivity contribution < 1.29 is 14.3 Å². The summed E-state index contributed by atoms with van der Waals surface area (Å²) in [7, 11) is 4.11. The number of benzene rings is 1. The molecule has 0 aliphatic carbocycles. The molecule has 0 N–H and O–H groups in total. The first-order valence-corrected chi connectivity index (χ1v) is 12.0. The van der Waals surface area contributed by atoms with E-state index in [1.165, 1.54) is 4.90 Å². The first-order valence-electron chi connectivity index (χ1n) is 12.0. The van der Waals surface area contributed by atoms with Gasteiger partial charge in [-0.15, -0.1) is 0 Å². The average Bonchev–Trinajstić information content (AvgIpc) is 3.00. The number of rotatable bonds is 10. The Morgan fingerprint density at radius 1 is 1.06 bits per heavy atom. The quantitative estimate of drug-likeness (QED) is 0.410. The van der Waals surface area contributed by atoms with Gasteiger partial charge in [-0.3, -0.25) is 14.5 Å². The molecule has 0 saturated carbocycles. The number of likely N-dealkylation sites (tertiary alicyclic amines) is 1. The Morgan fingerprint density at radius 2 is 1.75 bits per heavy atom. The third-order valence-electron chi connectivity index (χ3n) is 6.70. The van der Waals surface area contributed by atoms with E-state index in [-0.39, 0.29) is 17.9 Å². The normalized spacial score (nSPS) is 18.2. The molecule has 0 spiro atoms. The molecule has 0 aromatic heterocycles. The molecule has 1 saturated heterocycles. The second-order valence-electron chi connectivity index (χ2n) is 9.27. The summed E-state index contributed by atoms with van der Waals surface area (Å²) in [5, 5.41) is 0. The maximum atomic E-state index is 13.5. The summed E-state index contributed by atoms with van der Waals surface area (Å²) in [6, 6.07) is 6.35. The molecule has 176 valence electrons. The highest BCUT2D eigenvalue weighted by molar-refractivity contribution is 6.35. The number of unbranched alkanes of at least 4 members (excludes halogenated alkanes) is 1. The lowest BCUT2D eigenvalue weighted by Gasteiger charge is -2.36. The molecule has 0 atom stereocenters. The van der Waals surface area contributed by atoms with Gasteiger partial charge in [0.25, 0.3) is 11.8 Å². The Balaban J connectivity index is 1.85. The Labute approximate surface area is 193 Å². The summed E-state index contributed by atoms with van der Waals surface area (Å²) in [6.45, 7) is 9.89. The number of nitrogens with zero attached hydrogens (tertiary/aromatic N) is 3. The van der Waals surface area contributed by atoms with E-state index in [1.54, 1.807) is 0 Å². The van der Waals surface area contributed by atoms with Crippen LogP contribution in [0, 0.1) is 13.8 Å². The molecule has 2 amide bonds. The smallest absolute Gasteiger partial charge is 0.277 e. The molecule has 1 aromatic carbocycles. The van der Waals surface area contributed by atoms with Crippen LogP contribution in [0.2, 0.25) is 0 Å². The van der Waals surface area contributed by atoms with Crippen molar-refractivity contribution in [3.8, 4) is 0 Å². The summed E-state index contributed by atoms with van der Waals surface area (Å²) in [6.07, 6.45) is 4.77. The maximum absolute atomic E-state index is 13.5. The zero-order valence-electron chi connectivity index (χ0n) is 20.4. The van der Waals surface area contributed by atoms with Gasteiger partial charge in [0, 0.05) is 32.8 Å². The van der Waals surface area contributed by atoms with Crippen LogP contribution in [0.25, 0.3) is 5.57 Å². The van der Waals surface area contributed by atoms with Gasteiger partial charge in [0.2, 0.25) is 0 Å². The maximum Gasteiger partial charge on any atom is 0.277 e. The van der Waals surface area contributed by atoms with Crippen molar-refractivity contribution in [2.75, 3.05) is 46.9 Å². The van der Waals surface area contributed by atoms with Crippen molar-refractivity contribution in [2.45, 2.75) is 58.9 Å². The molecular weight excluding hydrogens is 402 g/mol. The van der Waals surface area contributed by atoms with Gasteiger partial charge >= 0.3 is 0 Å². The minimum absolute atomic E-state index is 0.167. The second-order valence-corrected chi connectivity index (χ2v) is 9.27. The predicted molar refractivity (Wildman–Crippen MR) is 128 cm³/mol. The molecule has 2 aliphatic heterocycles. The van der Waals surface area contributed by atoms with Gasteiger partial charge in [-0.1, -0.05) is 37.1 Å². The van der Waals surface area contributed by atoms with Crippen LogP contribution in [-0.2, 0) is 14.3 Å². The number of hydrogen-bond donors (Lipinski definition) is 0. The van der Waals surface area contributed by atoms with Gasteiger partial charge in [-0.25, -0.2) is 0 Å². The van der Waals surface area contributed by atoms with Gasteiger partial charge in [-0.2, -0.15) is 0 Å². The topological polar surface area (TPSA) is 53.1 Å². The van der Waals surface area contributed by atoms with Gasteiger partial charge in [0.15, 0.2) is 0 Å². The zero-order chi connectivity index (χ0) is 23.3. The molecular formula is C26H39N3O3. The Hall–Kier alpha value is -2.18. The highest BCUT2D eigenvalue weighted by atomic mass is 16.5. The van der Waals surface area contributed by atoms with Crippen LogP contribution < -0.4 is 0 Å². The van der Waals surface area contributed by atoms with Crippen molar-refractivity contribution >= 4 is 17.4 Å². The largest absolute Gasteiger partial charge is 0.381 e. The zero-order valence-corrected chi connectivity index (χ0v) is 20.4. The number of ether oxygens (including phenoxy) is 1. The number of likely N-dealkylation sites (N-methyl/N-ethyl adjacent to an activating group) is 1. The van der Waals surface area contributed by atoms with E-state index in [4.69, 9.17) is 4.74 Å². The Bertz CT molecular complexity index is 856. The molecule has 6 heteroatoms. The number of aryl methyl sites for hydroxylation is 2. The molecule has 0 radical (unpaired) electrons. The molecule has 2 aliphatic rings. The van der Waals surface area contributed by atoms with Crippen LogP contribution in [0.15, 0.2) is 23.9 Å². The highest BCUT2D eigenvalue weighted by Crippen LogP contribution is 2.35. The van der Waals surface area contributed by atoms with Gasteiger partial charge in [-0.05, 0) is 70.8 Å². The Morgan fingerprint density at radius 3 is 2.41 bits per heavy atom. The summed E-state index contributed by atoms with van der Waals surface area (Å²) < 4.78 is 5.65. The molecule has 6 nitrogen and oxygen atoms in total.